The van der Waals surface area contributed by atoms with Crippen LogP contribution in [0.1, 0.15) is 5.56 Å². The van der Waals surface area contributed by atoms with Crippen LogP contribution in [0.4, 0.5) is 11.6 Å². The third kappa shape index (κ3) is 4.15. The van der Waals surface area contributed by atoms with Gasteiger partial charge in [-0.25, -0.2) is 4.52 Å². The molecule has 7 heteroatoms. The third-order valence-corrected chi connectivity index (χ3v) is 5.17. The molecule has 0 saturated carbocycles. The second-order valence-electron chi connectivity index (χ2n) is 7.85. The number of benzene rings is 2. The predicted octanol–water partition coefficient (Wildman–Crippen LogP) is 4.49. The summed E-state index contributed by atoms with van der Waals surface area (Å²) >= 11 is 0. The van der Waals surface area contributed by atoms with Crippen molar-refractivity contribution in [3.05, 3.63) is 72.3 Å². The lowest BCUT2D eigenvalue weighted by Gasteiger charge is -2.19. The highest BCUT2D eigenvalue weighted by atomic mass is 16.6. The van der Waals surface area contributed by atoms with Gasteiger partial charge in [-0.2, -0.15) is 4.98 Å². The van der Waals surface area contributed by atoms with Crippen LogP contribution in [-0.4, -0.2) is 53.4 Å². The first-order valence-electron chi connectivity index (χ1n) is 10.6. The molecule has 32 heavy (non-hydrogen) atoms. The van der Waals surface area contributed by atoms with E-state index < -0.39 is 0 Å². The topological polar surface area (TPSA) is 63.9 Å². The van der Waals surface area contributed by atoms with Crippen LogP contribution in [0.5, 0.6) is 11.5 Å². The SMILES string of the molecule is CN(C)CC=Cc1ccccc1Nc1nc2cccc(-c3ccc4c(c3)OCCO4)n2n1. The van der Waals surface area contributed by atoms with Crippen LogP contribution in [0.2, 0.25) is 0 Å². The molecular weight excluding hydrogens is 402 g/mol. The highest BCUT2D eigenvalue weighted by Gasteiger charge is 2.15. The van der Waals surface area contributed by atoms with Crippen LogP contribution in [0.25, 0.3) is 23.0 Å². The largest absolute Gasteiger partial charge is 0.486 e. The van der Waals surface area contributed by atoms with Gasteiger partial charge in [0.25, 0.3) is 0 Å². The van der Waals surface area contributed by atoms with Crippen molar-refractivity contribution in [1.29, 1.82) is 0 Å². The first-order chi connectivity index (χ1) is 15.7. The van der Waals surface area contributed by atoms with E-state index in [1.54, 1.807) is 0 Å². The van der Waals surface area contributed by atoms with Gasteiger partial charge in [0.05, 0.1) is 5.69 Å². The molecule has 0 spiro atoms. The number of para-hydroxylation sites is 1. The molecule has 2 aromatic heterocycles. The molecule has 0 bridgehead atoms. The standard InChI is InChI=1S/C25H25N5O2/c1-29(2)14-6-8-18-7-3-4-9-20(18)26-25-27-24-11-5-10-21(30(24)28-25)19-12-13-22-23(17-19)32-16-15-31-22/h3-13,17H,14-16H2,1-2H3,(H,26,28). The van der Waals surface area contributed by atoms with Gasteiger partial charge in [-0.15, -0.1) is 5.10 Å². The summed E-state index contributed by atoms with van der Waals surface area (Å²) < 4.78 is 13.2. The van der Waals surface area contributed by atoms with Crippen molar-refractivity contribution in [3.8, 4) is 22.8 Å². The van der Waals surface area contributed by atoms with Crippen molar-refractivity contribution in [2.24, 2.45) is 0 Å². The van der Waals surface area contributed by atoms with Gasteiger partial charge in [-0.05, 0) is 56.1 Å². The number of likely N-dealkylation sites (N-methyl/N-ethyl adjacent to an activating group) is 1. The van der Waals surface area contributed by atoms with E-state index >= 15 is 0 Å². The summed E-state index contributed by atoms with van der Waals surface area (Å²) in [5.41, 5.74) is 4.72. The molecule has 7 nitrogen and oxygen atoms in total. The summed E-state index contributed by atoms with van der Waals surface area (Å²) in [5, 5.41) is 8.11. The summed E-state index contributed by atoms with van der Waals surface area (Å²) in [5.74, 6) is 2.07. The Balaban J connectivity index is 1.47. The molecule has 1 aliphatic rings. The Kier molecular flexibility index (Phi) is 5.47. The van der Waals surface area contributed by atoms with E-state index in [0.29, 0.717) is 19.2 Å². The second-order valence-corrected chi connectivity index (χ2v) is 7.85. The molecule has 4 aromatic rings. The first kappa shape index (κ1) is 20.1. The fraction of sp³-hybridized carbons (Fsp3) is 0.200. The minimum atomic E-state index is 0.545. The predicted molar refractivity (Wildman–Crippen MR) is 127 cm³/mol. The Labute approximate surface area is 186 Å². The van der Waals surface area contributed by atoms with Crippen LogP contribution in [0.15, 0.2) is 66.7 Å². The Hall–Kier alpha value is -3.84. The van der Waals surface area contributed by atoms with E-state index in [9.17, 15) is 0 Å². The Morgan fingerprint density at radius 2 is 1.84 bits per heavy atom. The number of ether oxygens (including phenoxy) is 2. The Morgan fingerprint density at radius 1 is 1.00 bits per heavy atom. The van der Waals surface area contributed by atoms with E-state index in [2.05, 4.69) is 33.4 Å². The maximum absolute atomic E-state index is 5.75. The minimum Gasteiger partial charge on any atom is -0.486 e. The van der Waals surface area contributed by atoms with Crippen LogP contribution in [0.3, 0.4) is 0 Å². The molecule has 0 aliphatic carbocycles. The van der Waals surface area contributed by atoms with Crippen LogP contribution in [-0.2, 0) is 0 Å². The van der Waals surface area contributed by atoms with Crippen molar-refractivity contribution in [3.63, 3.8) is 0 Å². The molecule has 0 atom stereocenters. The van der Waals surface area contributed by atoms with Gasteiger partial charge < -0.3 is 19.7 Å². The third-order valence-electron chi connectivity index (χ3n) is 5.17. The minimum absolute atomic E-state index is 0.545. The van der Waals surface area contributed by atoms with Crippen molar-refractivity contribution >= 4 is 23.4 Å². The molecule has 5 rings (SSSR count). The van der Waals surface area contributed by atoms with Gasteiger partial charge in [0.15, 0.2) is 17.1 Å². The van der Waals surface area contributed by atoms with Gasteiger partial charge in [0.1, 0.15) is 13.2 Å². The van der Waals surface area contributed by atoms with Gasteiger partial charge >= 0.3 is 0 Å². The molecule has 2 aromatic carbocycles. The zero-order valence-electron chi connectivity index (χ0n) is 18.2. The number of hydrogen-bond acceptors (Lipinski definition) is 6. The summed E-state index contributed by atoms with van der Waals surface area (Å²) in [6.07, 6.45) is 4.25. The lowest BCUT2D eigenvalue weighted by Crippen LogP contribution is -2.15. The summed E-state index contributed by atoms with van der Waals surface area (Å²) in [6, 6.07) is 20.0. The molecule has 1 aliphatic heterocycles. The Bertz CT molecular complexity index is 1280. The van der Waals surface area contributed by atoms with Gasteiger partial charge in [-0.3, -0.25) is 0 Å². The average molecular weight is 428 g/mol. The van der Waals surface area contributed by atoms with Crippen LogP contribution < -0.4 is 14.8 Å². The fourth-order valence-corrected chi connectivity index (χ4v) is 3.65. The highest BCUT2D eigenvalue weighted by molar-refractivity contribution is 5.71. The number of aromatic nitrogens is 3. The zero-order chi connectivity index (χ0) is 21.9. The van der Waals surface area contributed by atoms with Crippen molar-refractivity contribution in [2.45, 2.75) is 0 Å². The summed E-state index contributed by atoms with van der Waals surface area (Å²) in [7, 11) is 4.10. The molecule has 0 saturated heterocycles. The van der Waals surface area contributed by atoms with Crippen LogP contribution in [0, 0.1) is 0 Å². The quantitative estimate of drug-likeness (QED) is 0.489. The number of fused-ring (bicyclic) bond motifs is 2. The summed E-state index contributed by atoms with van der Waals surface area (Å²) in [6.45, 7) is 2.01. The lowest BCUT2D eigenvalue weighted by molar-refractivity contribution is 0.171. The zero-order valence-corrected chi connectivity index (χ0v) is 18.2. The van der Waals surface area contributed by atoms with Gasteiger partial charge in [0, 0.05) is 17.8 Å². The monoisotopic (exact) mass is 427 g/mol. The van der Waals surface area contributed by atoms with E-state index in [4.69, 9.17) is 14.6 Å². The maximum atomic E-state index is 5.75. The normalized spacial score (nSPS) is 13.2. The number of nitrogens with one attached hydrogen (secondary N) is 1. The van der Waals surface area contributed by atoms with E-state index in [-0.39, 0.29) is 0 Å². The van der Waals surface area contributed by atoms with E-state index in [1.165, 1.54) is 0 Å². The van der Waals surface area contributed by atoms with Gasteiger partial charge in [0.2, 0.25) is 5.95 Å². The molecule has 0 amide bonds. The summed E-state index contributed by atoms with van der Waals surface area (Å²) in [4.78, 5) is 6.80. The van der Waals surface area contributed by atoms with E-state index in [0.717, 1.165) is 46.2 Å². The van der Waals surface area contributed by atoms with E-state index in [1.807, 2.05) is 73.2 Å². The fourth-order valence-electron chi connectivity index (χ4n) is 3.65. The highest BCUT2D eigenvalue weighted by Crippen LogP contribution is 2.34. The van der Waals surface area contributed by atoms with Crippen molar-refractivity contribution in [2.75, 3.05) is 39.2 Å². The number of rotatable bonds is 6. The number of hydrogen-bond donors (Lipinski definition) is 1. The first-order valence-corrected chi connectivity index (χ1v) is 10.6. The maximum Gasteiger partial charge on any atom is 0.247 e. The van der Waals surface area contributed by atoms with Crippen molar-refractivity contribution < 1.29 is 9.47 Å². The second kappa shape index (κ2) is 8.72. The molecule has 0 unspecified atom stereocenters. The average Bonchev–Trinajstić information content (AvgIpc) is 3.22. The lowest BCUT2D eigenvalue weighted by atomic mass is 10.1. The smallest absolute Gasteiger partial charge is 0.247 e. The number of pyridine rings is 1. The van der Waals surface area contributed by atoms with Gasteiger partial charge in [-0.1, -0.05) is 36.4 Å². The van der Waals surface area contributed by atoms with Crippen LogP contribution >= 0.6 is 0 Å². The molecule has 3 heterocycles. The molecule has 1 N–H and O–H groups in total. The molecule has 0 radical (unpaired) electrons. The number of nitrogens with zero attached hydrogens (tertiary/aromatic N) is 4. The van der Waals surface area contributed by atoms with Crippen molar-refractivity contribution in [1.82, 2.24) is 19.5 Å². The molecule has 0 fully saturated rings. The Morgan fingerprint density at radius 3 is 2.72 bits per heavy atom. The number of anilines is 2. The molecular formula is C25H25N5O2. The molecule has 162 valence electrons.